The third kappa shape index (κ3) is 4.81. The van der Waals surface area contributed by atoms with Crippen LogP contribution < -0.4 is 10.6 Å². The summed E-state index contributed by atoms with van der Waals surface area (Å²) in [5.41, 5.74) is 1.50. The lowest BCUT2D eigenvalue weighted by molar-refractivity contribution is 0.324. The van der Waals surface area contributed by atoms with Gasteiger partial charge in [-0.25, -0.2) is 4.98 Å². The molecule has 0 aliphatic heterocycles. The van der Waals surface area contributed by atoms with E-state index in [0.29, 0.717) is 12.5 Å². The number of guanidine groups is 1. The second-order valence-electron chi connectivity index (χ2n) is 6.73. The van der Waals surface area contributed by atoms with Crippen molar-refractivity contribution in [2.75, 3.05) is 13.6 Å². The average molecular weight is 340 g/mol. The molecule has 2 aromatic rings. The van der Waals surface area contributed by atoms with Crippen LogP contribution in [0.5, 0.6) is 0 Å². The van der Waals surface area contributed by atoms with Crippen LogP contribution >= 0.6 is 0 Å². The Morgan fingerprint density at radius 2 is 1.92 bits per heavy atom. The number of rotatable bonds is 5. The summed E-state index contributed by atoms with van der Waals surface area (Å²) in [4.78, 5) is 8.52. The van der Waals surface area contributed by atoms with E-state index in [-0.39, 0.29) is 0 Å². The van der Waals surface area contributed by atoms with Crippen LogP contribution in [0.1, 0.15) is 43.0 Å². The third-order valence-electron chi connectivity index (χ3n) is 5.12. The monoisotopic (exact) mass is 340 g/mol. The largest absolute Gasteiger partial charge is 0.356 e. The summed E-state index contributed by atoms with van der Waals surface area (Å²) in [5, 5.41) is 10.8. The van der Waals surface area contributed by atoms with Crippen LogP contribution in [0.2, 0.25) is 0 Å². The summed E-state index contributed by atoms with van der Waals surface area (Å²) in [5.74, 6) is 3.17. The SMILES string of the molecule is CN=C(NCc1ncnn1C)NCC1CCC(c2ccccc2)CC1. The third-order valence-corrected chi connectivity index (χ3v) is 5.12. The number of aryl methyl sites for hydroxylation is 1. The highest BCUT2D eigenvalue weighted by molar-refractivity contribution is 5.79. The lowest BCUT2D eigenvalue weighted by atomic mass is 9.79. The quantitative estimate of drug-likeness (QED) is 0.648. The van der Waals surface area contributed by atoms with Crippen molar-refractivity contribution in [2.24, 2.45) is 18.0 Å². The molecule has 1 aliphatic carbocycles. The van der Waals surface area contributed by atoms with E-state index in [9.17, 15) is 0 Å². The van der Waals surface area contributed by atoms with Crippen LogP contribution in [-0.4, -0.2) is 34.3 Å². The van der Waals surface area contributed by atoms with Crippen LogP contribution in [0.3, 0.4) is 0 Å². The van der Waals surface area contributed by atoms with E-state index in [1.165, 1.54) is 31.2 Å². The zero-order valence-electron chi connectivity index (χ0n) is 15.2. The molecule has 0 unspecified atom stereocenters. The normalized spacial score (nSPS) is 21.1. The number of nitrogens with zero attached hydrogens (tertiary/aromatic N) is 4. The van der Waals surface area contributed by atoms with Gasteiger partial charge in [-0.05, 0) is 43.1 Å². The molecule has 6 nitrogen and oxygen atoms in total. The second kappa shape index (κ2) is 8.65. The Hall–Kier alpha value is -2.37. The summed E-state index contributed by atoms with van der Waals surface area (Å²) in [6, 6.07) is 10.9. The molecule has 1 aliphatic rings. The highest BCUT2D eigenvalue weighted by atomic mass is 15.3. The van der Waals surface area contributed by atoms with Crippen LogP contribution in [0.25, 0.3) is 0 Å². The van der Waals surface area contributed by atoms with Crippen molar-refractivity contribution >= 4 is 5.96 Å². The van der Waals surface area contributed by atoms with Gasteiger partial charge in [0.15, 0.2) is 5.96 Å². The van der Waals surface area contributed by atoms with E-state index >= 15 is 0 Å². The highest BCUT2D eigenvalue weighted by Crippen LogP contribution is 2.35. The van der Waals surface area contributed by atoms with Gasteiger partial charge in [-0.15, -0.1) is 0 Å². The Balaban J connectivity index is 1.40. The molecule has 0 bridgehead atoms. The van der Waals surface area contributed by atoms with Crippen LogP contribution in [-0.2, 0) is 13.6 Å². The number of hydrogen-bond donors (Lipinski definition) is 2. The molecule has 0 saturated heterocycles. The molecule has 1 aromatic heterocycles. The maximum Gasteiger partial charge on any atom is 0.191 e. The summed E-state index contributed by atoms with van der Waals surface area (Å²) in [6.07, 6.45) is 6.67. The van der Waals surface area contributed by atoms with Crippen LogP contribution in [0.15, 0.2) is 41.7 Å². The predicted octanol–water partition coefficient (Wildman–Crippen LogP) is 2.45. The van der Waals surface area contributed by atoms with Gasteiger partial charge < -0.3 is 10.6 Å². The van der Waals surface area contributed by atoms with Gasteiger partial charge in [0.05, 0.1) is 6.54 Å². The second-order valence-corrected chi connectivity index (χ2v) is 6.73. The fourth-order valence-electron chi connectivity index (χ4n) is 3.53. The molecule has 134 valence electrons. The molecule has 0 spiro atoms. The van der Waals surface area contributed by atoms with Crippen molar-refractivity contribution in [3.8, 4) is 0 Å². The fourth-order valence-corrected chi connectivity index (χ4v) is 3.53. The first-order valence-corrected chi connectivity index (χ1v) is 9.08. The minimum absolute atomic E-state index is 0.622. The van der Waals surface area contributed by atoms with Crippen molar-refractivity contribution in [1.82, 2.24) is 25.4 Å². The van der Waals surface area contributed by atoms with Gasteiger partial charge in [0.25, 0.3) is 0 Å². The number of nitrogens with one attached hydrogen (secondary N) is 2. The van der Waals surface area contributed by atoms with E-state index in [0.717, 1.165) is 24.2 Å². The van der Waals surface area contributed by atoms with Crippen molar-refractivity contribution in [3.63, 3.8) is 0 Å². The molecule has 1 fully saturated rings. The molecule has 1 saturated carbocycles. The standard InChI is InChI=1S/C19H28N6/c1-20-19(22-13-18-23-14-24-25(18)2)21-12-15-8-10-17(11-9-15)16-6-4-3-5-7-16/h3-7,14-15,17H,8-13H2,1-2H3,(H2,20,21,22). The van der Waals surface area contributed by atoms with Gasteiger partial charge in [0.2, 0.25) is 0 Å². The lowest BCUT2D eigenvalue weighted by Crippen LogP contribution is -2.40. The van der Waals surface area contributed by atoms with Crippen molar-refractivity contribution in [3.05, 3.63) is 48.0 Å². The number of benzene rings is 1. The first kappa shape index (κ1) is 17.5. The number of aliphatic imine (C=N–C) groups is 1. The molecule has 1 aromatic carbocycles. The minimum Gasteiger partial charge on any atom is -0.356 e. The topological polar surface area (TPSA) is 67.1 Å². The number of aromatic nitrogens is 3. The zero-order valence-corrected chi connectivity index (χ0v) is 15.2. The molecule has 25 heavy (non-hydrogen) atoms. The first-order chi connectivity index (χ1) is 12.3. The van der Waals surface area contributed by atoms with E-state index < -0.39 is 0 Å². The summed E-state index contributed by atoms with van der Waals surface area (Å²) in [7, 11) is 3.70. The van der Waals surface area contributed by atoms with E-state index in [1.807, 2.05) is 7.05 Å². The average Bonchev–Trinajstić information content (AvgIpc) is 3.08. The smallest absolute Gasteiger partial charge is 0.191 e. The number of hydrogen-bond acceptors (Lipinski definition) is 3. The van der Waals surface area contributed by atoms with Gasteiger partial charge in [-0.1, -0.05) is 30.3 Å². The zero-order chi connectivity index (χ0) is 17.5. The van der Waals surface area contributed by atoms with Gasteiger partial charge in [0, 0.05) is 20.6 Å². The van der Waals surface area contributed by atoms with E-state index in [1.54, 1.807) is 18.1 Å². The van der Waals surface area contributed by atoms with Crippen LogP contribution in [0.4, 0.5) is 0 Å². The van der Waals surface area contributed by atoms with Crippen molar-refractivity contribution < 1.29 is 0 Å². The molecule has 0 radical (unpaired) electrons. The molecular weight excluding hydrogens is 312 g/mol. The Bertz CT molecular complexity index is 670. The molecular formula is C19H28N6. The Labute approximate surface area is 149 Å². The Kier molecular flexibility index (Phi) is 6.04. The van der Waals surface area contributed by atoms with Crippen molar-refractivity contribution in [2.45, 2.75) is 38.1 Å². The lowest BCUT2D eigenvalue weighted by Gasteiger charge is -2.29. The molecule has 2 N–H and O–H groups in total. The van der Waals surface area contributed by atoms with Crippen molar-refractivity contribution in [1.29, 1.82) is 0 Å². The summed E-state index contributed by atoms with van der Waals surface area (Å²) < 4.78 is 1.77. The molecule has 6 heteroatoms. The molecule has 1 heterocycles. The van der Waals surface area contributed by atoms with Gasteiger partial charge in [-0.2, -0.15) is 5.10 Å². The summed E-state index contributed by atoms with van der Waals surface area (Å²) in [6.45, 7) is 1.59. The molecule has 3 rings (SSSR count). The molecule has 0 atom stereocenters. The van der Waals surface area contributed by atoms with Gasteiger partial charge >= 0.3 is 0 Å². The van der Waals surface area contributed by atoms with E-state index in [2.05, 4.69) is 56.0 Å². The maximum atomic E-state index is 4.30. The minimum atomic E-state index is 0.622. The van der Waals surface area contributed by atoms with E-state index in [4.69, 9.17) is 0 Å². The maximum absolute atomic E-state index is 4.30. The fraction of sp³-hybridized carbons (Fsp3) is 0.526. The Morgan fingerprint density at radius 3 is 2.56 bits per heavy atom. The molecule has 0 amide bonds. The highest BCUT2D eigenvalue weighted by Gasteiger charge is 2.22. The predicted molar refractivity (Wildman–Crippen MR) is 100 cm³/mol. The van der Waals surface area contributed by atoms with Gasteiger partial charge in [-0.3, -0.25) is 9.67 Å². The van der Waals surface area contributed by atoms with Crippen LogP contribution in [0, 0.1) is 5.92 Å². The summed E-state index contributed by atoms with van der Waals surface area (Å²) >= 11 is 0. The first-order valence-electron chi connectivity index (χ1n) is 9.08. The van der Waals surface area contributed by atoms with Gasteiger partial charge in [0.1, 0.15) is 12.2 Å². The Morgan fingerprint density at radius 1 is 1.16 bits per heavy atom.